The first kappa shape index (κ1) is 12.3. The molecule has 1 rings (SSSR count). The van der Waals surface area contributed by atoms with Gasteiger partial charge in [0.1, 0.15) is 0 Å². The Balaban J connectivity index is 2.45. The van der Waals surface area contributed by atoms with Crippen molar-refractivity contribution in [2.45, 2.75) is 52.4 Å². The van der Waals surface area contributed by atoms with E-state index < -0.39 is 0 Å². The van der Waals surface area contributed by atoms with Gasteiger partial charge in [0.2, 0.25) is 0 Å². The molecule has 0 radical (unpaired) electrons. The third-order valence-electron chi connectivity index (χ3n) is 3.17. The Bertz CT molecular complexity index is 231. The standard InChI is InChI=1S/C13H22O2/c1-3-11-6-5-7-12(9-8-11)10-13(14)15-4-2/h10-11H,3-9H2,1-2H3/b12-10-. The van der Waals surface area contributed by atoms with Crippen molar-refractivity contribution >= 4 is 5.97 Å². The van der Waals surface area contributed by atoms with Crippen LogP contribution in [0.4, 0.5) is 0 Å². The van der Waals surface area contributed by atoms with Crippen LogP contribution in [0.15, 0.2) is 11.6 Å². The second-order valence-electron chi connectivity index (χ2n) is 4.26. The van der Waals surface area contributed by atoms with E-state index in [9.17, 15) is 4.79 Å². The minimum atomic E-state index is -0.164. The van der Waals surface area contributed by atoms with Crippen molar-refractivity contribution in [3.63, 3.8) is 0 Å². The fourth-order valence-corrected chi connectivity index (χ4v) is 2.18. The summed E-state index contributed by atoms with van der Waals surface area (Å²) in [5.74, 6) is 0.695. The molecule has 0 aliphatic heterocycles. The van der Waals surface area contributed by atoms with Crippen molar-refractivity contribution in [3.8, 4) is 0 Å². The van der Waals surface area contributed by atoms with Gasteiger partial charge in [0.05, 0.1) is 6.61 Å². The molecule has 0 bridgehead atoms. The van der Waals surface area contributed by atoms with Crippen LogP contribution in [0.1, 0.15) is 52.4 Å². The highest BCUT2D eigenvalue weighted by molar-refractivity contribution is 5.82. The van der Waals surface area contributed by atoms with E-state index in [1.807, 2.05) is 6.92 Å². The van der Waals surface area contributed by atoms with E-state index in [1.165, 1.54) is 31.3 Å². The van der Waals surface area contributed by atoms with Gasteiger partial charge in [-0.15, -0.1) is 0 Å². The van der Waals surface area contributed by atoms with Gasteiger partial charge in [0, 0.05) is 6.08 Å². The summed E-state index contributed by atoms with van der Waals surface area (Å²) < 4.78 is 4.92. The number of carbonyl (C=O) groups excluding carboxylic acids is 1. The smallest absolute Gasteiger partial charge is 0.330 e. The Hall–Kier alpha value is -0.790. The molecule has 0 saturated heterocycles. The fourth-order valence-electron chi connectivity index (χ4n) is 2.18. The molecule has 0 aromatic heterocycles. The highest BCUT2D eigenvalue weighted by Crippen LogP contribution is 2.28. The van der Waals surface area contributed by atoms with Crippen LogP contribution in [0.2, 0.25) is 0 Å². The van der Waals surface area contributed by atoms with Gasteiger partial charge < -0.3 is 4.74 Å². The van der Waals surface area contributed by atoms with Gasteiger partial charge in [-0.3, -0.25) is 0 Å². The lowest BCUT2D eigenvalue weighted by Crippen LogP contribution is -2.01. The van der Waals surface area contributed by atoms with E-state index in [2.05, 4.69) is 6.92 Å². The first-order chi connectivity index (χ1) is 7.26. The molecule has 2 heteroatoms. The van der Waals surface area contributed by atoms with Crippen LogP contribution in [-0.4, -0.2) is 12.6 Å². The van der Waals surface area contributed by atoms with Crippen molar-refractivity contribution in [2.24, 2.45) is 5.92 Å². The van der Waals surface area contributed by atoms with Crippen molar-refractivity contribution in [3.05, 3.63) is 11.6 Å². The average molecular weight is 210 g/mol. The van der Waals surface area contributed by atoms with Gasteiger partial charge in [-0.05, 0) is 38.5 Å². The molecule has 15 heavy (non-hydrogen) atoms. The highest BCUT2D eigenvalue weighted by Gasteiger charge is 2.13. The maximum absolute atomic E-state index is 11.3. The summed E-state index contributed by atoms with van der Waals surface area (Å²) in [6.07, 6.45) is 8.92. The third kappa shape index (κ3) is 4.50. The van der Waals surface area contributed by atoms with Crippen LogP contribution >= 0.6 is 0 Å². The molecule has 0 aromatic carbocycles. The lowest BCUT2D eigenvalue weighted by Gasteiger charge is -2.08. The Morgan fingerprint density at radius 2 is 2.20 bits per heavy atom. The lowest BCUT2D eigenvalue weighted by molar-refractivity contribution is -0.137. The maximum Gasteiger partial charge on any atom is 0.330 e. The number of hydrogen-bond acceptors (Lipinski definition) is 2. The zero-order valence-electron chi connectivity index (χ0n) is 9.92. The molecule has 0 amide bonds. The average Bonchev–Trinajstić information content (AvgIpc) is 2.43. The zero-order valence-corrected chi connectivity index (χ0v) is 9.92. The SMILES string of the molecule is CCOC(=O)/C=C1/CCCC(CC)CC1. The Morgan fingerprint density at radius 3 is 2.87 bits per heavy atom. The van der Waals surface area contributed by atoms with Gasteiger partial charge in [0.25, 0.3) is 0 Å². The van der Waals surface area contributed by atoms with E-state index in [0.29, 0.717) is 6.61 Å². The predicted octanol–water partition coefficient (Wildman–Crippen LogP) is 3.47. The summed E-state index contributed by atoms with van der Waals surface area (Å²) in [5.41, 5.74) is 1.28. The molecule has 0 spiro atoms. The summed E-state index contributed by atoms with van der Waals surface area (Å²) >= 11 is 0. The Labute approximate surface area is 92.7 Å². The van der Waals surface area contributed by atoms with Gasteiger partial charge in [0.15, 0.2) is 0 Å². The summed E-state index contributed by atoms with van der Waals surface area (Å²) in [4.78, 5) is 11.3. The van der Waals surface area contributed by atoms with Crippen molar-refractivity contribution < 1.29 is 9.53 Å². The van der Waals surface area contributed by atoms with Crippen molar-refractivity contribution in [1.29, 1.82) is 0 Å². The van der Waals surface area contributed by atoms with Crippen molar-refractivity contribution in [2.75, 3.05) is 6.61 Å². The molecular weight excluding hydrogens is 188 g/mol. The molecule has 1 atom stereocenters. The molecule has 0 heterocycles. The van der Waals surface area contributed by atoms with Crippen LogP contribution in [0.25, 0.3) is 0 Å². The lowest BCUT2D eigenvalue weighted by atomic mass is 9.98. The molecule has 1 aliphatic carbocycles. The van der Waals surface area contributed by atoms with E-state index in [4.69, 9.17) is 4.74 Å². The molecule has 1 fully saturated rings. The van der Waals surface area contributed by atoms with E-state index in [0.717, 1.165) is 18.8 Å². The summed E-state index contributed by atoms with van der Waals surface area (Å²) in [6.45, 7) is 4.57. The first-order valence-corrected chi connectivity index (χ1v) is 6.12. The van der Waals surface area contributed by atoms with Crippen LogP contribution in [-0.2, 0) is 9.53 Å². The first-order valence-electron chi connectivity index (χ1n) is 6.12. The van der Waals surface area contributed by atoms with Crippen LogP contribution in [0.3, 0.4) is 0 Å². The molecule has 1 saturated carbocycles. The fraction of sp³-hybridized carbons (Fsp3) is 0.769. The molecule has 2 nitrogen and oxygen atoms in total. The number of carbonyl (C=O) groups is 1. The second-order valence-corrected chi connectivity index (χ2v) is 4.26. The number of rotatable bonds is 3. The predicted molar refractivity (Wildman–Crippen MR) is 61.6 cm³/mol. The van der Waals surface area contributed by atoms with Crippen molar-refractivity contribution in [1.82, 2.24) is 0 Å². The monoisotopic (exact) mass is 210 g/mol. The number of hydrogen-bond donors (Lipinski definition) is 0. The number of esters is 1. The summed E-state index contributed by atoms with van der Waals surface area (Å²) in [6, 6.07) is 0. The molecular formula is C13H22O2. The van der Waals surface area contributed by atoms with Crippen LogP contribution in [0.5, 0.6) is 0 Å². The zero-order chi connectivity index (χ0) is 11.1. The largest absolute Gasteiger partial charge is 0.463 e. The Morgan fingerprint density at radius 1 is 1.40 bits per heavy atom. The number of ether oxygens (including phenoxy) is 1. The van der Waals surface area contributed by atoms with Crippen LogP contribution in [0, 0.1) is 5.92 Å². The van der Waals surface area contributed by atoms with E-state index in [-0.39, 0.29) is 5.97 Å². The van der Waals surface area contributed by atoms with Crippen LogP contribution < -0.4 is 0 Å². The number of allylic oxidation sites excluding steroid dienone is 1. The van der Waals surface area contributed by atoms with Gasteiger partial charge in [-0.1, -0.05) is 25.3 Å². The Kier molecular flexibility index (Phi) is 5.44. The molecule has 1 aliphatic rings. The third-order valence-corrected chi connectivity index (χ3v) is 3.17. The quantitative estimate of drug-likeness (QED) is 0.405. The maximum atomic E-state index is 11.3. The second kappa shape index (κ2) is 6.65. The van der Waals surface area contributed by atoms with Gasteiger partial charge >= 0.3 is 5.97 Å². The van der Waals surface area contributed by atoms with E-state index in [1.54, 1.807) is 6.08 Å². The molecule has 0 N–H and O–H groups in total. The minimum Gasteiger partial charge on any atom is -0.463 e. The summed E-state index contributed by atoms with van der Waals surface area (Å²) in [7, 11) is 0. The topological polar surface area (TPSA) is 26.3 Å². The van der Waals surface area contributed by atoms with Gasteiger partial charge in [-0.2, -0.15) is 0 Å². The minimum absolute atomic E-state index is 0.164. The molecule has 86 valence electrons. The van der Waals surface area contributed by atoms with E-state index >= 15 is 0 Å². The normalized spacial score (nSPS) is 24.9. The summed E-state index contributed by atoms with van der Waals surface area (Å²) in [5, 5.41) is 0. The highest BCUT2D eigenvalue weighted by atomic mass is 16.5. The van der Waals surface area contributed by atoms with Gasteiger partial charge in [-0.25, -0.2) is 4.79 Å². The molecule has 0 aromatic rings. The molecule has 1 unspecified atom stereocenters.